The molecular formula is C50H47N3O. The minimum Gasteiger partial charge on any atom is -0.507 e. The molecule has 5 aromatic carbocycles. The zero-order valence-corrected chi connectivity index (χ0v) is 32.2. The molecular weight excluding hydrogens is 659 g/mol. The van der Waals surface area contributed by atoms with Crippen molar-refractivity contribution in [2.75, 3.05) is 0 Å². The number of pyridine rings is 2. The molecule has 4 nitrogen and oxygen atoms in total. The van der Waals surface area contributed by atoms with E-state index in [1.54, 1.807) is 0 Å². The molecule has 0 aliphatic rings. The maximum atomic E-state index is 11.9. The molecule has 4 heteroatoms. The normalized spacial score (nSPS) is 12.0. The summed E-state index contributed by atoms with van der Waals surface area (Å²) in [5.74, 6) is 0.933. The van der Waals surface area contributed by atoms with Crippen molar-refractivity contribution in [3.63, 3.8) is 0 Å². The number of aromatic hydroxyl groups is 1. The Labute approximate surface area is 318 Å². The number of para-hydroxylation sites is 1. The van der Waals surface area contributed by atoms with E-state index in [-0.39, 0.29) is 11.2 Å². The summed E-state index contributed by atoms with van der Waals surface area (Å²) in [6, 6.07) is 47.0. The molecule has 0 bridgehead atoms. The molecule has 3 aromatic heterocycles. The molecule has 268 valence electrons. The van der Waals surface area contributed by atoms with Crippen molar-refractivity contribution in [1.82, 2.24) is 14.5 Å². The Morgan fingerprint density at radius 2 is 1.22 bits per heavy atom. The number of rotatable bonds is 7. The monoisotopic (exact) mass is 705 g/mol. The zero-order chi connectivity index (χ0) is 37.7. The Kier molecular flexibility index (Phi) is 8.93. The third kappa shape index (κ3) is 6.26. The molecule has 0 atom stereocenters. The molecule has 54 heavy (non-hydrogen) atoms. The SMILES string of the molecule is CC(C)c1cccc(C(C)C)c1-c1cc(-c2cccc(-c3cc(-c4ccccc4)cc(C(C)(C)C)c3O)n2)cc(-n2c3ccccc3c3cccnc32)c1. The molecule has 0 saturated heterocycles. The first-order chi connectivity index (χ1) is 26.0. The highest BCUT2D eigenvalue weighted by Gasteiger charge is 2.24. The molecule has 1 N–H and O–H groups in total. The van der Waals surface area contributed by atoms with Gasteiger partial charge in [-0.25, -0.2) is 9.97 Å². The van der Waals surface area contributed by atoms with Crippen LogP contribution in [0, 0.1) is 0 Å². The Hall–Kier alpha value is -6.00. The summed E-state index contributed by atoms with van der Waals surface area (Å²) in [6.45, 7) is 15.5. The van der Waals surface area contributed by atoms with E-state index in [1.807, 2.05) is 24.4 Å². The summed E-state index contributed by atoms with van der Waals surface area (Å²) in [6.07, 6.45) is 1.88. The zero-order valence-electron chi connectivity index (χ0n) is 32.2. The van der Waals surface area contributed by atoms with Crippen LogP contribution in [0.2, 0.25) is 0 Å². The van der Waals surface area contributed by atoms with Gasteiger partial charge in [0, 0.05) is 39.3 Å². The van der Waals surface area contributed by atoms with Gasteiger partial charge in [0.15, 0.2) is 0 Å². The number of aromatic nitrogens is 3. The van der Waals surface area contributed by atoms with Crippen LogP contribution >= 0.6 is 0 Å². The van der Waals surface area contributed by atoms with E-state index < -0.39 is 0 Å². The van der Waals surface area contributed by atoms with Crippen molar-refractivity contribution in [2.24, 2.45) is 0 Å². The van der Waals surface area contributed by atoms with Gasteiger partial charge in [-0.3, -0.25) is 4.57 Å². The molecule has 0 spiro atoms. The van der Waals surface area contributed by atoms with Crippen molar-refractivity contribution >= 4 is 21.9 Å². The van der Waals surface area contributed by atoms with Gasteiger partial charge in [0.05, 0.1) is 16.9 Å². The summed E-state index contributed by atoms with van der Waals surface area (Å²) >= 11 is 0. The number of phenols is 1. The second kappa shape index (κ2) is 13.8. The second-order valence-corrected chi connectivity index (χ2v) is 16.1. The molecule has 0 amide bonds. The van der Waals surface area contributed by atoms with E-state index in [9.17, 15) is 5.11 Å². The summed E-state index contributed by atoms with van der Waals surface area (Å²) < 4.78 is 2.29. The van der Waals surface area contributed by atoms with Crippen molar-refractivity contribution in [2.45, 2.75) is 65.7 Å². The molecule has 3 heterocycles. The van der Waals surface area contributed by atoms with Crippen LogP contribution in [-0.4, -0.2) is 19.6 Å². The molecule has 0 radical (unpaired) electrons. The van der Waals surface area contributed by atoms with Crippen LogP contribution in [0.15, 0.2) is 140 Å². The number of phenolic OH excluding ortho intramolecular Hbond substituents is 1. The van der Waals surface area contributed by atoms with E-state index >= 15 is 0 Å². The standard InChI is InChI=1S/C50H47N3O/c1-31(2)38-19-13-20-39(32(3)4)47(38)36-26-35(27-37(28-36)53-46-24-12-11-18-40(46)41-21-15-25-51-49(41)53)44-22-14-23-45(52-44)42-29-34(33-16-9-8-10-17-33)30-43(48(42)54)50(5,6)7/h8-32,54H,1-7H3. The summed E-state index contributed by atoms with van der Waals surface area (Å²) in [5, 5.41) is 14.2. The van der Waals surface area contributed by atoms with Crippen molar-refractivity contribution < 1.29 is 5.11 Å². The first kappa shape index (κ1) is 35.1. The molecule has 0 saturated carbocycles. The van der Waals surface area contributed by atoms with Crippen molar-refractivity contribution in [3.8, 4) is 56.2 Å². The molecule has 0 aliphatic carbocycles. The van der Waals surface area contributed by atoms with E-state index in [4.69, 9.17) is 9.97 Å². The van der Waals surface area contributed by atoms with Gasteiger partial charge in [-0.05, 0) is 111 Å². The van der Waals surface area contributed by atoms with Gasteiger partial charge in [-0.1, -0.05) is 121 Å². The Morgan fingerprint density at radius 1 is 0.574 bits per heavy atom. The largest absolute Gasteiger partial charge is 0.507 e. The lowest BCUT2D eigenvalue weighted by atomic mass is 9.82. The van der Waals surface area contributed by atoms with Crippen LogP contribution in [0.5, 0.6) is 5.75 Å². The minimum absolute atomic E-state index is 0.269. The lowest BCUT2D eigenvalue weighted by molar-refractivity contribution is 0.448. The summed E-state index contributed by atoms with van der Waals surface area (Å²) in [7, 11) is 0. The predicted octanol–water partition coefficient (Wildman–Crippen LogP) is 13.5. The summed E-state index contributed by atoms with van der Waals surface area (Å²) in [4.78, 5) is 10.3. The van der Waals surface area contributed by atoms with Crippen LogP contribution in [0.4, 0.5) is 0 Å². The summed E-state index contributed by atoms with van der Waals surface area (Å²) in [5.41, 5.74) is 14.2. The smallest absolute Gasteiger partial charge is 0.145 e. The van der Waals surface area contributed by atoms with Gasteiger partial charge in [0.2, 0.25) is 0 Å². The predicted molar refractivity (Wildman–Crippen MR) is 227 cm³/mol. The quantitative estimate of drug-likeness (QED) is 0.180. The van der Waals surface area contributed by atoms with E-state index in [0.717, 1.165) is 67.0 Å². The van der Waals surface area contributed by atoms with Gasteiger partial charge >= 0.3 is 0 Å². The highest BCUT2D eigenvalue weighted by Crippen LogP contribution is 2.43. The molecule has 0 fully saturated rings. The molecule has 0 unspecified atom stereocenters. The van der Waals surface area contributed by atoms with Gasteiger partial charge in [-0.2, -0.15) is 0 Å². The first-order valence-electron chi connectivity index (χ1n) is 19.0. The topological polar surface area (TPSA) is 50.9 Å². The second-order valence-electron chi connectivity index (χ2n) is 16.1. The van der Waals surface area contributed by atoms with Crippen LogP contribution in [0.3, 0.4) is 0 Å². The fraction of sp³-hybridized carbons (Fsp3) is 0.200. The number of fused-ring (bicyclic) bond motifs is 3. The number of hydrogen-bond acceptors (Lipinski definition) is 3. The van der Waals surface area contributed by atoms with Gasteiger partial charge in [0.1, 0.15) is 11.4 Å². The molecule has 8 aromatic rings. The van der Waals surface area contributed by atoms with E-state index in [1.165, 1.54) is 22.1 Å². The van der Waals surface area contributed by atoms with E-state index in [0.29, 0.717) is 11.8 Å². The molecule has 8 rings (SSSR count). The van der Waals surface area contributed by atoms with Crippen LogP contribution in [-0.2, 0) is 5.41 Å². The van der Waals surface area contributed by atoms with Crippen LogP contribution < -0.4 is 0 Å². The third-order valence-electron chi connectivity index (χ3n) is 10.6. The van der Waals surface area contributed by atoms with Crippen molar-refractivity contribution in [3.05, 3.63) is 156 Å². The maximum absolute atomic E-state index is 11.9. The van der Waals surface area contributed by atoms with Crippen LogP contribution in [0.1, 0.15) is 77.0 Å². The van der Waals surface area contributed by atoms with Crippen molar-refractivity contribution in [1.29, 1.82) is 0 Å². The van der Waals surface area contributed by atoms with Gasteiger partial charge in [-0.15, -0.1) is 0 Å². The highest BCUT2D eigenvalue weighted by atomic mass is 16.3. The average Bonchev–Trinajstić information content (AvgIpc) is 3.52. The van der Waals surface area contributed by atoms with Gasteiger partial charge in [0.25, 0.3) is 0 Å². The average molecular weight is 706 g/mol. The third-order valence-corrected chi connectivity index (χ3v) is 10.6. The fourth-order valence-electron chi connectivity index (χ4n) is 7.92. The lowest BCUT2D eigenvalue weighted by Crippen LogP contribution is -2.12. The number of hydrogen-bond donors (Lipinski definition) is 1. The van der Waals surface area contributed by atoms with Gasteiger partial charge < -0.3 is 5.11 Å². The van der Waals surface area contributed by atoms with E-state index in [2.05, 4.69) is 168 Å². The molecule has 0 aliphatic heterocycles. The highest BCUT2D eigenvalue weighted by molar-refractivity contribution is 6.08. The fourth-order valence-corrected chi connectivity index (χ4v) is 7.92. The Morgan fingerprint density at radius 3 is 1.94 bits per heavy atom. The maximum Gasteiger partial charge on any atom is 0.145 e. The minimum atomic E-state index is -0.279. The first-order valence-corrected chi connectivity index (χ1v) is 19.0. The van der Waals surface area contributed by atoms with Crippen LogP contribution in [0.25, 0.3) is 72.4 Å². The number of benzene rings is 5. The number of nitrogens with zero attached hydrogens (tertiary/aromatic N) is 3. The Balaban J connectivity index is 1.40. The lowest BCUT2D eigenvalue weighted by Gasteiger charge is -2.24. The Bertz CT molecular complexity index is 2580.